The molecule has 154 valence electrons. The van der Waals surface area contributed by atoms with Crippen molar-refractivity contribution >= 4 is 24.5 Å². The second-order valence-electron chi connectivity index (χ2n) is 8.18. The van der Waals surface area contributed by atoms with Gasteiger partial charge in [-0.25, -0.2) is 0 Å². The molecule has 2 heterocycles. The molecule has 28 heavy (non-hydrogen) atoms. The van der Waals surface area contributed by atoms with Gasteiger partial charge in [0.05, 0.1) is 6.04 Å². The van der Waals surface area contributed by atoms with Crippen molar-refractivity contribution in [3.8, 4) is 0 Å². The van der Waals surface area contributed by atoms with Gasteiger partial charge in [0.2, 0.25) is 0 Å². The summed E-state index contributed by atoms with van der Waals surface area (Å²) in [6.45, 7) is 1.75. The lowest BCUT2D eigenvalue weighted by molar-refractivity contribution is -0.144. The molecule has 0 radical (unpaired) electrons. The number of likely N-dealkylation sites (tertiary alicyclic amines) is 1. The quantitative estimate of drug-likeness (QED) is 0.276. The molecule has 11 heteroatoms. The van der Waals surface area contributed by atoms with Crippen LogP contribution in [0.2, 0.25) is 6.32 Å². The first-order valence-electron chi connectivity index (χ1n) is 9.44. The van der Waals surface area contributed by atoms with Gasteiger partial charge in [-0.05, 0) is 19.8 Å². The van der Waals surface area contributed by atoms with Crippen LogP contribution in [0.4, 0.5) is 11.4 Å². The van der Waals surface area contributed by atoms with Gasteiger partial charge in [0.1, 0.15) is 16.9 Å². The zero-order valence-electron chi connectivity index (χ0n) is 16.2. The predicted octanol–water partition coefficient (Wildman–Crippen LogP) is -2.50. The largest absolute Gasteiger partial charge is 0.480 e. The maximum Gasteiger partial charge on any atom is 0.451 e. The molecule has 2 saturated heterocycles. The van der Waals surface area contributed by atoms with Crippen LogP contribution in [0.3, 0.4) is 0 Å². The Balaban J connectivity index is 1.81. The highest BCUT2D eigenvalue weighted by atomic mass is 16.4. The second kappa shape index (κ2) is 7.47. The average Bonchev–Trinajstić information content (AvgIpc) is 2.92. The van der Waals surface area contributed by atoms with Crippen LogP contribution in [-0.4, -0.2) is 85.0 Å². The third-order valence-corrected chi connectivity index (χ3v) is 6.16. The Morgan fingerprint density at radius 3 is 2.46 bits per heavy atom. The Hall–Kier alpha value is -1.95. The van der Waals surface area contributed by atoms with E-state index in [2.05, 4.69) is 4.90 Å². The van der Waals surface area contributed by atoms with Gasteiger partial charge in [-0.15, -0.1) is 0 Å². The number of likely N-dealkylation sites (N-methyl/N-ethyl adjacent to an activating group) is 2. The number of nitrogens with zero attached hydrogens (tertiary/aromatic N) is 3. The van der Waals surface area contributed by atoms with Gasteiger partial charge >= 0.3 is 13.1 Å². The molecule has 0 aromatic heterocycles. The van der Waals surface area contributed by atoms with Crippen LogP contribution >= 0.6 is 0 Å². The molecule has 2 aliphatic heterocycles. The van der Waals surface area contributed by atoms with E-state index in [4.69, 9.17) is 15.8 Å². The van der Waals surface area contributed by atoms with E-state index in [1.165, 1.54) is 0 Å². The van der Waals surface area contributed by atoms with E-state index >= 15 is 0 Å². The van der Waals surface area contributed by atoms with Crippen molar-refractivity contribution in [3.63, 3.8) is 0 Å². The maximum atomic E-state index is 12.3. The van der Waals surface area contributed by atoms with E-state index in [1.54, 1.807) is 11.9 Å². The summed E-state index contributed by atoms with van der Waals surface area (Å²) < 4.78 is 0. The molecule has 0 saturated carbocycles. The minimum Gasteiger partial charge on any atom is -0.480 e. The van der Waals surface area contributed by atoms with Crippen LogP contribution in [0.5, 0.6) is 0 Å². The molecule has 0 amide bonds. The van der Waals surface area contributed by atoms with Crippen molar-refractivity contribution in [2.24, 2.45) is 11.7 Å². The van der Waals surface area contributed by atoms with Crippen molar-refractivity contribution in [3.05, 3.63) is 20.4 Å². The monoisotopic (exact) mass is 394 g/mol. The van der Waals surface area contributed by atoms with Gasteiger partial charge in [-0.1, -0.05) is 6.42 Å². The van der Waals surface area contributed by atoms with Crippen molar-refractivity contribution in [1.82, 2.24) is 4.90 Å². The number of aliphatic carboxylic acids is 1. The molecule has 0 unspecified atom stereocenters. The van der Waals surface area contributed by atoms with Gasteiger partial charge < -0.3 is 35.6 Å². The topological polar surface area (TPSA) is 148 Å². The highest BCUT2D eigenvalue weighted by Crippen LogP contribution is 2.36. The lowest BCUT2D eigenvalue weighted by Crippen LogP contribution is -2.60. The molecular formula is C17H27BN4O6. The molecule has 0 bridgehead atoms. The minimum atomic E-state index is -1.56. The summed E-state index contributed by atoms with van der Waals surface area (Å²) in [6, 6.07) is 0.138. The van der Waals surface area contributed by atoms with Crippen molar-refractivity contribution in [2.45, 2.75) is 30.7 Å². The minimum absolute atomic E-state index is 0.0645. The number of hydrogen-bond donors (Lipinski definition) is 4. The summed E-state index contributed by atoms with van der Waals surface area (Å²) in [4.78, 5) is 41.9. The van der Waals surface area contributed by atoms with Crippen molar-refractivity contribution in [1.29, 1.82) is 0 Å². The van der Waals surface area contributed by atoms with Crippen molar-refractivity contribution in [2.75, 3.05) is 50.1 Å². The number of anilines is 2. The lowest BCUT2D eigenvalue weighted by atomic mass is 9.78. The fourth-order valence-corrected chi connectivity index (χ4v) is 4.33. The molecule has 0 spiro atoms. The smallest absolute Gasteiger partial charge is 0.451 e. The van der Waals surface area contributed by atoms with Crippen LogP contribution in [0.25, 0.3) is 0 Å². The molecule has 10 nitrogen and oxygen atoms in total. The molecule has 3 rings (SSSR count). The Morgan fingerprint density at radius 2 is 1.93 bits per heavy atom. The Morgan fingerprint density at radius 1 is 1.29 bits per heavy atom. The van der Waals surface area contributed by atoms with Gasteiger partial charge in [0.25, 0.3) is 10.9 Å². The van der Waals surface area contributed by atoms with Crippen LogP contribution in [0.15, 0.2) is 9.59 Å². The summed E-state index contributed by atoms with van der Waals surface area (Å²) in [6.07, 6.45) is 0.899. The molecule has 2 atom stereocenters. The summed E-state index contributed by atoms with van der Waals surface area (Å²) in [7, 11) is 2.29. The molecule has 2 fully saturated rings. The second-order valence-corrected chi connectivity index (χ2v) is 8.18. The first-order chi connectivity index (χ1) is 13.1. The van der Waals surface area contributed by atoms with E-state index in [1.807, 2.05) is 11.9 Å². The summed E-state index contributed by atoms with van der Waals surface area (Å²) >= 11 is 0. The van der Waals surface area contributed by atoms with Crippen LogP contribution in [0, 0.1) is 5.92 Å². The zero-order chi connectivity index (χ0) is 20.8. The first-order valence-corrected chi connectivity index (χ1v) is 9.44. The SMILES string of the molecule is CN1CC(N(C)c2c(N3C[C@H](CCCB(O)O)[C@](N)(C(=O)O)C3)c(=O)c2=O)C1. The predicted molar refractivity (Wildman–Crippen MR) is 106 cm³/mol. The standard InChI is InChI=1S/C17H27BN4O6/c1-20-7-11(8-20)21(2)12-13(15(24)14(12)23)22-6-10(4-3-5-18(27)28)17(19,9-22)16(25)26/h10-11,27-28H,3-9,19H2,1-2H3,(H,25,26)/t10-,17-/m0/s1. The Labute approximate surface area is 163 Å². The summed E-state index contributed by atoms with van der Waals surface area (Å²) in [5.74, 6) is -1.64. The van der Waals surface area contributed by atoms with Crippen LogP contribution in [-0.2, 0) is 4.79 Å². The van der Waals surface area contributed by atoms with E-state index in [-0.39, 0.29) is 31.1 Å². The third-order valence-electron chi connectivity index (χ3n) is 6.16. The van der Waals surface area contributed by atoms with E-state index in [0.717, 1.165) is 13.1 Å². The van der Waals surface area contributed by atoms with E-state index in [0.29, 0.717) is 18.5 Å². The Bertz CT molecular complexity index is 819. The van der Waals surface area contributed by atoms with Crippen molar-refractivity contribution < 1.29 is 19.9 Å². The number of carbonyl (C=O) groups is 1. The van der Waals surface area contributed by atoms with E-state index in [9.17, 15) is 19.5 Å². The zero-order valence-corrected chi connectivity index (χ0v) is 16.2. The highest BCUT2D eigenvalue weighted by Gasteiger charge is 2.51. The first kappa shape index (κ1) is 20.8. The lowest BCUT2D eigenvalue weighted by Gasteiger charge is -2.44. The van der Waals surface area contributed by atoms with Gasteiger partial charge in [0.15, 0.2) is 0 Å². The fraction of sp³-hybridized carbons (Fsp3) is 0.706. The molecule has 5 N–H and O–H groups in total. The number of rotatable bonds is 8. The third kappa shape index (κ3) is 3.43. The molecule has 2 aliphatic rings. The maximum absolute atomic E-state index is 12.3. The fourth-order valence-electron chi connectivity index (χ4n) is 4.33. The highest BCUT2D eigenvalue weighted by molar-refractivity contribution is 6.40. The van der Waals surface area contributed by atoms with Gasteiger partial charge in [0, 0.05) is 39.1 Å². The van der Waals surface area contributed by atoms with Crippen LogP contribution in [0.1, 0.15) is 12.8 Å². The van der Waals surface area contributed by atoms with Crippen LogP contribution < -0.4 is 26.4 Å². The number of hydrogen-bond acceptors (Lipinski definition) is 9. The molecule has 1 aromatic rings. The summed E-state index contributed by atoms with van der Waals surface area (Å²) in [5, 5.41) is 27.7. The number of nitrogens with two attached hydrogens (primary N) is 1. The van der Waals surface area contributed by atoms with E-state index < -0.39 is 35.4 Å². The average molecular weight is 394 g/mol. The van der Waals surface area contributed by atoms with Gasteiger partial charge in [-0.2, -0.15) is 0 Å². The number of carboxylic acid groups (broad SMARTS) is 1. The number of carboxylic acids is 1. The molecule has 0 aliphatic carbocycles. The van der Waals surface area contributed by atoms with Gasteiger partial charge in [-0.3, -0.25) is 14.4 Å². The Kier molecular flexibility index (Phi) is 5.54. The molecule has 1 aromatic carbocycles. The normalized spacial score (nSPS) is 25.9. The summed E-state index contributed by atoms with van der Waals surface area (Å²) in [5.41, 5.74) is 4.06. The molecular weight excluding hydrogens is 367 g/mol.